The van der Waals surface area contributed by atoms with Crippen molar-refractivity contribution in [3.8, 4) is 28.2 Å². The zero-order valence-electron chi connectivity index (χ0n) is 31.3. The lowest BCUT2D eigenvalue weighted by Crippen LogP contribution is -1.99. The molecular weight excluding hydrogens is 723 g/mol. The van der Waals surface area contributed by atoms with E-state index in [2.05, 4.69) is 214 Å². The second-order valence-corrected chi connectivity index (χ2v) is 16.4. The molecule has 13 rings (SSSR count). The topological polar surface area (TPSA) is 14.8 Å². The number of rotatable bonds is 4. The SMILES string of the molecule is c1ccc(-c2ccc3sc4ccccc4c3c2-n2c3ccccc3c3cc(-n4c5ccccc5c5cc(-n6c7ccccc7c7ccccc76)ccc54)ccc32)cc1. The van der Waals surface area contributed by atoms with Gasteiger partial charge in [0.25, 0.3) is 0 Å². The van der Waals surface area contributed by atoms with E-state index < -0.39 is 0 Å². The van der Waals surface area contributed by atoms with Crippen LogP contribution >= 0.6 is 11.3 Å². The number of aromatic nitrogens is 3. The highest BCUT2D eigenvalue weighted by atomic mass is 32.1. The molecule has 0 atom stereocenters. The summed E-state index contributed by atoms with van der Waals surface area (Å²) in [4.78, 5) is 0. The van der Waals surface area contributed by atoms with Gasteiger partial charge in [-0.1, -0.05) is 127 Å². The minimum Gasteiger partial charge on any atom is -0.309 e. The summed E-state index contributed by atoms with van der Waals surface area (Å²) in [5.74, 6) is 0. The molecule has 9 aromatic carbocycles. The fourth-order valence-corrected chi connectivity index (χ4v) is 10.9. The lowest BCUT2D eigenvalue weighted by atomic mass is 9.99. The van der Waals surface area contributed by atoms with Crippen LogP contribution in [0.15, 0.2) is 200 Å². The van der Waals surface area contributed by atoms with Crippen molar-refractivity contribution in [1.29, 1.82) is 0 Å². The molecule has 0 spiro atoms. The molecule has 0 aliphatic heterocycles. The summed E-state index contributed by atoms with van der Waals surface area (Å²) < 4.78 is 10.00. The van der Waals surface area contributed by atoms with E-state index in [-0.39, 0.29) is 0 Å². The Hall–Kier alpha value is -7.40. The Morgan fingerprint density at radius 3 is 1.29 bits per heavy atom. The molecule has 0 N–H and O–H groups in total. The Bertz CT molecular complexity index is 3750. The third-order valence-electron chi connectivity index (χ3n) is 12.2. The Kier molecular flexibility index (Phi) is 6.60. The smallest absolute Gasteiger partial charge is 0.0633 e. The average molecular weight is 756 g/mol. The zero-order valence-corrected chi connectivity index (χ0v) is 32.1. The number of nitrogens with zero attached hydrogens (tertiary/aromatic N) is 3. The molecule has 270 valence electrons. The molecule has 0 saturated carbocycles. The summed E-state index contributed by atoms with van der Waals surface area (Å²) in [5, 5.41) is 10.1. The summed E-state index contributed by atoms with van der Waals surface area (Å²) in [6, 6.07) is 73.7. The van der Waals surface area contributed by atoms with Crippen LogP contribution in [0, 0.1) is 0 Å². The normalized spacial score (nSPS) is 12.1. The van der Waals surface area contributed by atoms with Gasteiger partial charge >= 0.3 is 0 Å². The first-order valence-corrected chi connectivity index (χ1v) is 20.7. The summed E-state index contributed by atoms with van der Waals surface area (Å²) >= 11 is 1.87. The number of benzene rings is 9. The largest absolute Gasteiger partial charge is 0.309 e. The zero-order chi connectivity index (χ0) is 37.9. The predicted molar refractivity (Wildman–Crippen MR) is 248 cm³/mol. The molecule has 0 radical (unpaired) electrons. The minimum absolute atomic E-state index is 1.15. The number of hydrogen-bond donors (Lipinski definition) is 0. The highest BCUT2D eigenvalue weighted by Gasteiger charge is 2.22. The maximum absolute atomic E-state index is 2.53. The quantitative estimate of drug-likeness (QED) is 0.170. The summed E-state index contributed by atoms with van der Waals surface area (Å²) in [6.07, 6.45) is 0. The first kappa shape index (κ1) is 31.8. The molecule has 3 nitrogen and oxygen atoms in total. The van der Waals surface area contributed by atoms with Gasteiger partial charge in [-0.15, -0.1) is 11.3 Å². The van der Waals surface area contributed by atoms with Crippen molar-refractivity contribution in [3.05, 3.63) is 200 Å². The Morgan fingerprint density at radius 1 is 0.293 bits per heavy atom. The fraction of sp³-hybridized carbons (Fsp3) is 0. The highest BCUT2D eigenvalue weighted by molar-refractivity contribution is 7.25. The van der Waals surface area contributed by atoms with E-state index in [0.29, 0.717) is 0 Å². The third kappa shape index (κ3) is 4.38. The van der Waals surface area contributed by atoms with Gasteiger partial charge < -0.3 is 13.7 Å². The lowest BCUT2D eigenvalue weighted by molar-refractivity contribution is 1.16. The van der Waals surface area contributed by atoms with Crippen LogP contribution in [0.2, 0.25) is 0 Å². The van der Waals surface area contributed by atoms with Crippen LogP contribution in [-0.4, -0.2) is 13.7 Å². The van der Waals surface area contributed by atoms with Gasteiger partial charge in [0.15, 0.2) is 0 Å². The number of fused-ring (bicyclic) bond motifs is 12. The second-order valence-electron chi connectivity index (χ2n) is 15.3. The van der Waals surface area contributed by atoms with Gasteiger partial charge in [0.2, 0.25) is 0 Å². The summed E-state index contributed by atoms with van der Waals surface area (Å²) in [6.45, 7) is 0. The number of para-hydroxylation sites is 4. The van der Waals surface area contributed by atoms with Crippen LogP contribution in [-0.2, 0) is 0 Å². The molecule has 0 aliphatic carbocycles. The molecule has 0 unspecified atom stereocenters. The predicted octanol–water partition coefficient (Wildman–Crippen LogP) is 15.0. The fourth-order valence-electron chi connectivity index (χ4n) is 9.80. The molecule has 13 aromatic rings. The monoisotopic (exact) mass is 755 g/mol. The van der Waals surface area contributed by atoms with Crippen LogP contribution in [0.25, 0.3) is 114 Å². The molecule has 0 fully saturated rings. The van der Waals surface area contributed by atoms with E-state index in [0.717, 1.165) is 11.4 Å². The number of thiophene rings is 1. The van der Waals surface area contributed by atoms with Crippen molar-refractivity contribution in [2.24, 2.45) is 0 Å². The van der Waals surface area contributed by atoms with Crippen molar-refractivity contribution in [2.75, 3.05) is 0 Å². The van der Waals surface area contributed by atoms with Gasteiger partial charge in [-0.3, -0.25) is 0 Å². The van der Waals surface area contributed by atoms with E-state index in [1.165, 1.54) is 102 Å². The molecule has 0 amide bonds. The molecular formula is C54H33N3S. The van der Waals surface area contributed by atoms with Gasteiger partial charge in [-0.2, -0.15) is 0 Å². The Labute approximate surface area is 337 Å². The van der Waals surface area contributed by atoms with Crippen molar-refractivity contribution < 1.29 is 0 Å². The van der Waals surface area contributed by atoms with E-state index in [4.69, 9.17) is 0 Å². The molecule has 0 aliphatic rings. The molecule has 0 bridgehead atoms. The van der Waals surface area contributed by atoms with Gasteiger partial charge in [0.05, 0.1) is 38.8 Å². The van der Waals surface area contributed by atoms with Gasteiger partial charge in [0, 0.05) is 69.4 Å². The number of hydrogen-bond acceptors (Lipinski definition) is 1. The average Bonchev–Trinajstić information content (AvgIpc) is 4.02. The second kappa shape index (κ2) is 12.1. The molecule has 58 heavy (non-hydrogen) atoms. The minimum atomic E-state index is 1.15. The van der Waals surface area contributed by atoms with Crippen molar-refractivity contribution >= 4 is 96.9 Å². The van der Waals surface area contributed by atoms with Crippen LogP contribution in [0.1, 0.15) is 0 Å². The van der Waals surface area contributed by atoms with Crippen molar-refractivity contribution in [1.82, 2.24) is 13.7 Å². The van der Waals surface area contributed by atoms with Crippen LogP contribution in [0.5, 0.6) is 0 Å². The molecule has 0 saturated heterocycles. The van der Waals surface area contributed by atoms with Crippen LogP contribution in [0.3, 0.4) is 0 Å². The Morgan fingerprint density at radius 2 is 0.724 bits per heavy atom. The lowest BCUT2D eigenvalue weighted by Gasteiger charge is -2.16. The van der Waals surface area contributed by atoms with E-state index in [9.17, 15) is 0 Å². The Balaban J connectivity index is 1.08. The molecule has 4 aromatic heterocycles. The highest BCUT2D eigenvalue weighted by Crippen LogP contribution is 2.46. The maximum Gasteiger partial charge on any atom is 0.0633 e. The molecule has 4 heterocycles. The van der Waals surface area contributed by atoms with Crippen molar-refractivity contribution in [2.45, 2.75) is 0 Å². The first-order chi connectivity index (χ1) is 28.8. The van der Waals surface area contributed by atoms with Gasteiger partial charge in [-0.05, 0) is 78.4 Å². The van der Waals surface area contributed by atoms with Crippen LogP contribution in [0.4, 0.5) is 0 Å². The van der Waals surface area contributed by atoms with E-state index >= 15 is 0 Å². The maximum atomic E-state index is 2.53. The van der Waals surface area contributed by atoms with Gasteiger partial charge in [0.1, 0.15) is 0 Å². The van der Waals surface area contributed by atoms with Crippen LogP contribution < -0.4 is 0 Å². The summed E-state index contributed by atoms with van der Waals surface area (Å²) in [7, 11) is 0. The van der Waals surface area contributed by atoms with Crippen molar-refractivity contribution in [3.63, 3.8) is 0 Å². The molecule has 4 heteroatoms. The third-order valence-corrected chi connectivity index (χ3v) is 13.4. The van der Waals surface area contributed by atoms with Gasteiger partial charge in [-0.25, -0.2) is 0 Å². The first-order valence-electron chi connectivity index (χ1n) is 19.9. The standard InChI is InChI=1S/C54H33N3S/c1-2-14-34(15-3-1)37-28-31-52-53(42-20-8-13-25-51(42)58-52)54(37)57-48-24-12-7-19-41(48)44-33-36(27-30-50(44)57)56-47-23-11-6-18-40(47)43-32-35(26-29-49(43)56)55-45-21-9-4-16-38(45)39-17-5-10-22-46(39)55/h1-33H. The van der Waals surface area contributed by atoms with E-state index in [1.807, 2.05) is 11.3 Å². The summed E-state index contributed by atoms with van der Waals surface area (Å²) in [5.41, 5.74) is 13.2. The van der Waals surface area contributed by atoms with E-state index in [1.54, 1.807) is 0 Å².